The van der Waals surface area contributed by atoms with Crippen molar-refractivity contribution in [2.24, 2.45) is 18.4 Å². The van der Waals surface area contributed by atoms with Crippen molar-refractivity contribution in [3.05, 3.63) is 49.1 Å². The molecule has 168 valence electrons. The molecule has 3 aromatic heterocycles. The van der Waals surface area contributed by atoms with Crippen molar-refractivity contribution in [2.45, 2.75) is 32.1 Å². The minimum Gasteiger partial charge on any atom is -0.456 e. The van der Waals surface area contributed by atoms with E-state index >= 15 is 0 Å². The highest BCUT2D eigenvalue weighted by molar-refractivity contribution is 6.01. The van der Waals surface area contributed by atoms with Crippen LogP contribution in [0.4, 0.5) is 10.6 Å². The fourth-order valence-corrected chi connectivity index (χ4v) is 4.45. The number of anilines is 1. The number of amides is 3. The molecule has 2 aliphatic carbocycles. The average Bonchev–Trinajstić information content (AvgIpc) is 3.14. The molecule has 1 spiro atoms. The summed E-state index contributed by atoms with van der Waals surface area (Å²) in [6, 6.07) is 6.31. The summed E-state index contributed by atoms with van der Waals surface area (Å²) in [6.45, 7) is 0. The fourth-order valence-electron chi connectivity index (χ4n) is 4.45. The third-order valence-corrected chi connectivity index (χ3v) is 6.33. The Labute approximate surface area is 188 Å². The molecule has 0 radical (unpaired) electrons. The molecule has 3 aromatic rings. The second-order valence-electron chi connectivity index (χ2n) is 8.66. The molecule has 5 rings (SSSR count). The number of hydrogen-bond acceptors (Lipinski definition) is 6. The zero-order valence-corrected chi connectivity index (χ0v) is 17.7. The number of nitrogens with zero attached hydrogens (tertiary/aromatic N) is 4. The van der Waals surface area contributed by atoms with E-state index < -0.39 is 6.03 Å². The number of carbonyl (C=O) groups is 2. The summed E-state index contributed by atoms with van der Waals surface area (Å²) in [6.07, 6.45) is 12.3. The van der Waals surface area contributed by atoms with Crippen LogP contribution in [0.1, 0.15) is 35.0 Å². The fraction of sp³-hybridized carbons (Fsp3) is 0.348. The topological polar surface area (TPSA) is 111 Å². The van der Waals surface area contributed by atoms with Crippen molar-refractivity contribution in [1.29, 1.82) is 0 Å². The Morgan fingerprint density at radius 2 is 2.00 bits per heavy atom. The Balaban J connectivity index is 0.00000162. The number of nitrogens with one attached hydrogen (secondary N) is 2. The quantitative estimate of drug-likeness (QED) is 0.614. The molecule has 0 unspecified atom stereocenters. The van der Waals surface area contributed by atoms with Crippen LogP contribution in [0, 0.1) is 11.3 Å². The Hall–Kier alpha value is -3.75. The van der Waals surface area contributed by atoms with Gasteiger partial charge in [-0.1, -0.05) is 6.42 Å². The van der Waals surface area contributed by atoms with E-state index in [1.807, 2.05) is 19.3 Å². The lowest BCUT2D eigenvalue weighted by atomic mass is 9.51. The predicted octanol–water partition coefficient (Wildman–Crippen LogP) is 4.39. The standard InChI is InChI=1S/C23H24N6O3.2H2/c1-29-14-16(12-26-29)19-9-17(5-8-24-19)32-18-3-4-20(25-13-18)27-22(31)28-21(30)15-10-23(11-15)6-2-7-23;;/h3-5,8-9,12-15H,2,6-7,10-11H2,1H3,(H2,25,27,28,30,31);2*1H. The van der Waals surface area contributed by atoms with Crippen LogP contribution in [-0.4, -0.2) is 31.7 Å². The number of aromatic nitrogens is 4. The van der Waals surface area contributed by atoms with Gasteiger partial charge in [0.15, 0.2) is 0 Å². The first-order valence-corrected chi connectivity index (χ1v) is 10.7. The van der Waals surface area contributed by atoms with Gasteiger partial charge in [-0.3, -0.25) is 25.1 Å². The molecule has 2 aliphatic rings. The number of carbonyl (C=O) groups excluding carboxylic acids is 2. The van der Waals surface area contributed by atoms with E-state index in [0.29, 0.717) is 22.7 Å². The first kappa shape index (κ1) is 20.2. The number of hydrogen-bond donors (Lipinski definition) is 2. The molecular weight excluding hydrogens is 408 g/mol. The summed E-state index contributed by atoms with van der Waals surface area (Å²) < 4.78 is 7.56. The molecule has 2 saturated carbocycles. The number of aryl methyl sites for hydroxylation is 1. The van der Waals surface area contributed by atoms with Gasteiger partial charge in [0.25, 0.3) is 0 Å². The first-order valence-electron chi connectivity index (χ1n) is 10.7. The number of rotatable bonds is 5. The van der Waals surface area contributed by atoms with Crippen LogP contribution in [0.5, 0.6) is 11.5 Å². The maximum absolute atomic E-state index is 12.2. The molecule has 0 aliphatic heterocycles. The Morgan fingerprint density at radius 3 is 2.66 bits per heavy atom. The maximum atomic E-state index is 12.2. The Kier molecular flexibility index (Phi) is 5.08. The summed E-state index contributed by atoms with van der Waals surface area (Å²) in [5, 5.41) is 9.17. The predicted molar refractivity (Wildman–Crippen MR) is 121 cm³/mol. The van der Waals surface area contributed by atoms with Gasteiger partial charge in [-0.15, -0.1) is 0 Å². The van der Waals surface area contributed by atoms with Crippen molar-refractivity contribution in [3.8, 4) is 22.8 Å². The minimum absolute atomic E-state index is 0. The van der Waals surface area contributed by atoms with Gasteiger partial charge >= 0.3 is 6.03 Å². The van der Waals surface area contributed by atoms with Crippen LogP contribution in [-0.2, 0) is 11.8 Å². The van der Waals surface area contributed by atoms with E-state index in [9.17, 15) is 9.59 Å². The van der Waals surface area contributed by atoms with E-state index in [2.05, 4.69) is 25.7 Å². The lowest BCUT2D eigenvalue weighted by Gasteiger charge is -2.53. The highest BCUT2D eigenvalue weighted by Crippen LogP contribution is 2.58. The van der Waals surface area contributed by atoms with Crippen LogP contribution in [0.3, 0.4) is 0 Å². The minimum atomic E-state index is -0.569. The molecule has 32 heavy (non-hydrogen) atoms. The van der Waals surface area contributed by atoms with Crippen molar-refractivity contribution in [1.82, 2.24) is 25.1 Å². The van der Waals surface area contributed by atoms with Crippen LogP contribution >= 0.6 is 0 Å². The van der Waals surface area contributed by atoms with E-state index in [0.717, 1.165) is 24.1 Å². The molecule has 9 heteroatoms. The Morgan fingerprint density at radius 1 is 1.16 bits per heavy atom. The molecule has 0 saturated heterocycles. The average molecular weight is 437 g/mol. The van der Waals surface area contributed by atoms with Crippen molar-refractivity contribution >= 4 is 17.8 Å². The molecule has 0 atom stereocenters. The van der Waals surface area contributed by atoms with Crippen LogP contribution in [0.15, 0.2) is 49.1 Å². The molecule has 2 N–H and O–H groups in total. The lowest BCUT2D eigenvalue weighted by molar-refractivity contribution is -0.135. The summed E-state index contributed by atoms with van der Waals surface area (Å²) in [5.41, 5.74) is 2.03. The van der Waals surface area contributed by atoms with Gasteiger partial charge in [-0.2, -0.15) is 5.10 Å². The van der Waals surface area contributed by atoms with Crippen LogP contribution in [0.2, 0.25) is 0 Å². The Bertz CT molecular complexity index is 1160. The summed E-state index contributed by atoms with van der Waals surface area (Å²) >= 11 is 0. The molecule has 2 fully saturated rings. The monoisotopic (exact) mass is 436 g/mol. The van der Waals surface area contributed by atoms with E-state index in [1.54, 1.807) is 35.3 Å². The summed E-state index contributed by atoms with van der Waals surface area (Å²) in [4.78, 5) is 32.9. The third kappa shape index (κ3) is 4.18. The van der Waals surface area contributed by atoms with Gasteiger partial charge < -0.3 is 4.74 Å². The molecular formula is C23H28N6O3. The molecule has 0 bridgehead atoms. The van der Waals surface area contributed by atoms with Gasteiger partial charge in [0.2, 0.25) is 5.91 Å². The number of imide groups is 1. The van der Waals surface area contributed by atoms with Gasteiger partial charge in [0, 0.05) is 39.8 Å². The van der Waals surface area contributed by atoms with Crippen LogP contribution in [0.25, 0.3) is 11.3 Å². The zero-order valence-electron chi connectivity index (χ0n) is 17.7. The number of ether oxygens (including phenoxy) is 1. The second-order valence-corrected chi connectivity index (χ2v) is 8.66. The highest BCUT2D eigenvalue weighted by Gasteiger charge is 2.50. The van der Waals surface area contributed by atoms with Crippen molar-refractivity contribution < 1.29 is 17.2 Å². The third-order valence-electron chi connectivity index (χ3n) is 6.33. The van der Waals surface area contributed by atoms with Crippen molar-refractivity contribution in [3.63, 3.8) is 0 Å². The number of pyridine rings is 2. The van der Waals surface area contributed by atoms with Gasteiger partial charge in [-0.25, -0.2) is 9.78 Å². The normalized spacial score (nSPS) is 16.7. The number of urea groups is 1. The van der Waals surface area contributed by atoms with Gasteiger partial charge in [0.1, 0.15) is 17.3 Å². The molecule has 0 aromatic carbocycles. The van der Waals surface area contributed by atoms with Crippen molar-refractivity contribution in [2.75, 3.05) is 5.32 Å². The van der Waals surface area contributed by atoms with Crippen LogP contribution < -0.4 is 15.4 Å². The molecule has 9 nitrogen and oxygen atoms in total. The molecule has 3 amide bonds. The second kappa shape index (κ2) is 8.07. The summed E-state index contributed by atoms with van der Waals surface area (Å²) in [7, 11) is 1.85. The van der Waals surface area contributed by atoms with Gasteiger partial charge in [-0.05, 0) is 49.3 Å². The smallest absolute Gasteiger partial charge is 0.327 e. The van der Waals surface area contributed by atoms with Gasteiger partial charge in [0.05, 0.1) is 18.1 Å². The lowest BCUT2D eigenvalue weighted by Crippen LogP contribution is -2.50. The van der Waals surface area contributed by atoms with E-state index in [4.69, 9.17) is 4.74 Å². The zero-order chi connectivity index (χ0) is 22.1. The maximum Gasteiger partial charge on any atom is 0.327 e. The summed E-state index contributed by atoms with van der Waals surface area (Å²) in [5.74, 6) is 1.19. The van der Waals surface area contributed by atoms with E-state index in [1.165, 1.54) is 25.5 Å². The van der Waals surface area contributed by atoms with E-state index in [-0.39, 0.29) is 14.7 Å². The SMILES string of the molecule is Cn1cc(-c2cc(Oc3ccc(NC(=O)NC(=O)C4CC5(CCC5)C4)nc3)ccn2)cn1.[HH].[HH]. The first-order chi connectivity index (χ1) is 15.5. The highest BCUT2D eigenvalue weighted by atomic mass is 16.5. The molecule has 3 heterocycles. The largest absolute Gasteiger partial charge is 0.456 e.